The van der Waals surface area contributed by atoms with Crippen molar-refractivity contribution in [2.75, 3.05) is 18.5 Å². The predicted octanol–water partition coefficient (Wildman–Crippen LogP) is 2.72. The molecule has 2 saturated carbocycles. The van der Waals surface area contributed by atoms with E-state index in [9.17, 15) is 0 Å². The Morgan fingerprint density at radius 3 is 2.65 bits per heavy atom. The van der Waals surface area contributed by atoms with Crippen molar-refractivity contribution >= 4 is 16.5 Å². The van der Waals surface area contributed by atoms with Crippen LogP contribution in [0.5, 0.6) is 0 Å². The van der Waals surface area contributed by atoms with Crippen LogP contribution in [0.2, 0.25) is 0 Å². The number of hydrogen-bond acceptors (Lipinski definition) is 4. The number of hydrogen-bond donors (Lipinski definition) is 1. The summed E-state index contributed by atoms with van der Waals surface area (Å²) in [6.07, 6.45) is 6.83. The standard InChI is InChI=1S/C13H21N3S/c1-16(8-9-3-2-4-9)13-15-12(10-5-6-10)11(7-14)17-13/h9-10H,2-8,14H2,1H3. The van der Waals surface area contributed by atoms with Crippen molar-refractivity contribution in [3.8, 4) is 0 Å². The predicted molar refractivity (Wildman–Crippen MR) is 72.6 cm³/mol. The van der Waals surface area contributed by atoms with Crippen LogP contribution in [0.25, 0.3) is 0 Å². The van der Waals surface area contributed by atoms with Gasteiger partial charge in [0.1, 0.15) is 0 Å². The van der Waals surface area contributed by atoms with Crippen molar-refractivity contribution in [1.82, 2.24) is 4.98 Å². The Hall–Kier alpha value is -0.610. The first kappa shape index (κ1) is 11.5. The lowest BCUT2D eigenvalue weighted by atomic mass is 9.85. The van der Waals surface area contributed by atoms with Crippen molar-refractivity contribution < 1.29 is 0 Å². The molecule has 2 N–H and O–H groups in total. The Labute approximate surface area is 107 Å². The Morgan fingerprint density at radius 1 is 1.35 bits per heavy atom. The molecule has 0 amide bonds. The van der Waals surface area contributed by atoms with E-state index in [0.29, 0.717) is 6.54 Å². The third kappa shape index (κ3) is 2.33. The van der Waals surface area contributed by atoms with Gasteiger partial charge in [-0.2, -0.15) is 0 Å². The summed E-state index contributed by atoms with van der Waals surface area (Å²) in [6.45, 7) is 1.82. The van der Waals surface area contributed by atoms with Gasteiger partial charge in [-0.1, -0.05) is 6.42 Å². The molecule has 2 fully saturated rings. The second-order valence-corrected chi connectivity index (χ2v) is 6.52. The molecule has 1 aromatic heterocycles. The zero-order valence-electron chi connectivity index (χ0n) is 10.5. The number of aromatic nitrogens is 1. The van der Waals surface area contributed by atoms with Crippen molar-refractivity contribution in [1.29, 1.82) is 0 Å². The summed E-state index contributed by atoms with van der Waals surface area (Å²) in [7, 11) is 2.17. The molecule has 17 heavy (non-hydrogen) atoms. The van der Waals surface area contributed by atoms with Crippen LogP contribution in [0.15, 0.2) is 0 Å². The van der Waals surface area contributed by atoms with Crippen molar-refractivity contribution in [2.45, 2.75) is 44.6 Å². The Balaban J connectivity index is 1.72. The SMILES string of the molecule is CN(CC1CCC1)c1nc(C2CC2)c(CN)s1. The van der Waals surface area contributed by atoms with Crippen molar-refractivity contribution in [2.24, 2.45) is 11.7 Å². The molecule has 0 atom stereocenters. The van der Waals surface area contributed by atoms with Crippen molar-refractivity contribution in [3.05, 3.63) is 10.6 Å². The lowest BCUT2D eigenvalue weighted by Gasteiger charge is -2.29. The molecule has 3 nitrogen and oxygen atoms in total. The van der Waals surface area contributed by atoms with Gasteiger partial charge in [0, 0.05) is 30.9 Å². The van der Waals surface area contributed by atoms with Gasteiger partial charge in [-0.25, -0.2) is 4.98 Å². The fraction of sp³-hybridized carbons (Fsp3) is 0.769. The summed E-state index contributed by atoms with van der Waals surface area (Å²) in [4.78, 5) is 8.46. The summed E-state index contributed by atoms with van der Waals surface area (Å²) < 4.78 is 0. The number of nitrogens with two attached hydrogens (primary N) is 1. The zero-order valence-corrected chi connectivity index (χ0v) is 11.3. The van der Waals surface area contributed by atoms with Gasteiger partial charge >= 0.3 is 0 Å². The maximum atomic E-state index is 5.82. The second-order valence-electron chi connectivity index (χ2n) is 5.46. The van der Waals surface area contributed by atoms with Crippen LogP contribution in [0.3, 0.4) is 0 Å². The normalized spacial score (nSPS) is 20.4. The molecule has 0 aliphatic heterocycles. The molecule has 2 aliphatic rings. The van der Waals surface area contributed by atoms with E-state index in [0.717, 1.165) is 11.8 Å². The van der Waals surface area contributed by atoms with Crippen LogP contribution in [-0.4, -0.2) is 18.6 Å². The van der Waals surface area contributed by atoms with E-state index in [4.69, 9.17) is 10.7 Å². The van der Waals surface area contributed by atoms with Crippen LogP contribution in [-0.2, 0) is 6.54 Å². The van der Waals surface area contributed by atoms with E-state index in [1.54, 1.807) is 11.3 Å². The first-order valence-electron chi connectivity index (χ1n) is 6.68. The molecule has 0 unspecified atom stereocenters. The van der Waals surface area contributed by atoms with E-state index < -0.39 is 0 Å². The quantitative estimate of drug-likeness (QED) is 0.875. The second kappa shape index (κ2) is 4.58. The Morgan fingerprint density at radius 2 is 2.12 bits per heavy atom. The van der Waals surface area contributed by atoms with Gasteiger partial charge in [-0.05, 0) is 31.6 Å². The van der Waals surface area contributed by atoms with Gasteiger partial charge in [0.2, 0.25) is 0 Å². The molecule has 0 bridgehead atoms. The highest BCUT2D eigenvalue weighted by atomic mass is 32.1. The number of nitrogens with zero attached hydrogens (tertiary/aromatic N) is 2. The smallest absolute Gasteiger partial charge is 0.185 e. The van der Waals surface area contributed by atoms with E-state index in [2.05, 4.69) is 11.9 Å². The number of anilines is 1. The maximum absolute atomic E-state index is 5.82. The minimum Gasteiger partial charge on any atom is -0.351 e. The molecule has 94 valence electrons. The zero-order chi connectivity index (χ0) is 11.8. The first-order valence-corrected chi connectivity index (χ1v) is 7.50. The summed E-state index contributed by atoms with van der Waals surface area (Å²) in [5, 5.41) is 1.18. The summed E-state index contributed by atoms with van der Waals surface area (Å²) in [5.74, 6) is 1.62. The highest BCUT2D eigenvalue weighted by Crippen LogP contribution is 2.44. The van der Waals surface area contributed by atoms with E-state index in [-0.39, 0.29) is 0 Å². The molecular weight excluding hydrogens is 230 g/mol. The minimum absolute atomic E-state index is 0.654. The van der Waals surface area contributed by atoms with Gasteiger partial charge in [-0.3, -0.25) is 0 Å². The molecule has 4 heteroatoms. The third-order valence-corrected chi connectivity index (χ3v) is 5.16. The molecule has 0 saturated heterocycles. The average molecular weight is 251 g/mol. The third-order valence-electron chi connectivity index (χ3n) is 3.95. The first-order chi connectivity index (χ1) is 8.28. The average Bonchev–Trinajstić information content (AvgIpc) is 3.03. The largest absolute Gasteiger partial charge is 0.351 e. The van der Waals surface area contributed by atoms with Crippen molar-refractivity contribution in [3.63, 3.8) is 0 Å². The molecule has 0 radical (unpaired) electrons. The van der Waals surface area contributed by atoms with E-state index in [1.165, 1.54) is 54.4 Å². The summed E-state index contributed by atoms with van der Waals surface area (Å²) >= 11 is 1.80. The molecule has 2 aliphatic carbocycles. The highest BCUT2D eigenvalue weighted by Gasteiger charge is 2.30. The fourth-order valence-electron chi connectivity index (χ4n) is 2.48. The monoisotopic (exact) mass is 251 g/mol. The van der Waals surface area contributed by atoms with Gasteiger partial charge in [-0.15, -0.1) is 11.3 Å². The Kier molecular flexibility index (Phi) is 3.09. The van der Waals surface area contributed by atoms with E-state index >= 15 is 0 Å². The van der Waals surface area contributed by atoms with Gasteiger partial charge in [0.25, 0.3) is 0 Å². The molecular formula is C13H21N3S. The number of rotatable bonds is 5. The summed E-state index contributed by atoms with van der Waals surface area (Å²) in [5.41, 5.74) is 7.12. The molecule has 0 spiro atoms. The maximum Gasteiger partial charge on any atom is 0.185 e. The van der Waals surface area contributed by atoms with Gasteiger partial charge in [0.15, 0.2) is 5.13 Å². The summed E-state index contributed by atoms with van der Waals surface area (Å²) in [6, 6.07) is 0. The van der Waals surface area contributed by atoms with Gasteiger partial charge in [0.05, 0.1) is 5.69 Å². The highest BCUT2D eigenvalue weighted by molar-refractivity contribution is 7.15. The molecule has 3 rings (SSSR count). The van der Waals surface area contributed by atoms with Crippen LogP contribution >= 0.6 is 11.3 Å². The number of thiazole rings is 1. The van der Waals surface area contributed by atoms with E-state index in [1.807, 2.05) is 0 Å². The van der Waals surface area contributed by atoms with Crippen LogP contribution in [0, 0.1) is 5.92 Å². The Bertz CT molecular complexity index is 393. The lowest BCUT2D eigenvalue weighted by molar-refractivity contribution is 0.321. The minimum atomic E-state index is 0.654. The van der Waals surface area contributed by atoms with Gasteiger partial charge < -0.3 is 10.6 Å². The van der Waals surface area contributed by atoms with Crippen LogP contribution in [0.4, 0.5) is 5.13 Å². The van der Waals surface area contributed by atoms with Crippen LogP contribution in [0.1, 0.15) is 48.6 Å². The molecule has 1 aromatic rings. The fourth-order valence-corrected chi connectivity index (χ4v) is 3.47. The molecule has 1 heterocycles. The van der Waals surface area contributed by atoms with Crippen LogP contribution < -0.4 is 10.6 Å². The topological polar surface area (TPSA) is 42.2 Å². The lowest BCUT2D eigenvalue weighted by Crippen LogP contribution is -2.29. The molecule has 0 aromatic carbocycles.